The molecular formula is C6H4F3NO4. The number of halogens is 3. The smallest absolute Gasteiger partial charge is 0.384 e. The van der Waals surface area contributed by atoms with E-state index in [-0.39, 0.29) is 0 Å². The Hall–Kier alpha value is -1.60. The molecule has 0 aromatic rings. The van der Waals surface area contributed by atoms with Crippen LogP contribution in [0.3, 0.4) is 0 Å². The molecule has 0 saturated carbocycles. The fraction of sp³-hybridized carbons (Fsp3) is 0.500. The van der Waals surface area contributed by atoms with Gasteiger partial charge in [-0.3, -0.25) is 4.79 Å². The lowest BCUT2D eigenvalue weighted by Gasteiger charge is -2.20. The largest absolute Gasteiger partial charge is 0.405 e. The van der Waals surface area contributed by atoms with Crippen LogP contribution in [-0.2, 0) is 19.1 Å². The lowest BCUT2D eigenvalue weighted by molar-refractivity contribution is -0.171. The van der Waals surface area contributed by atoms with E-state index in [0.29, 0.717) is 6.92 Å². The minimum atomic E-state index is -4.70. The zero-order valence-corrected chi connectivity index (χ0v) is 6.77. The molecule has 0 spiro atoms. The van der Waals surface area contributed by atoms with Gasteiger partial charge in [-0.1, -0.05) is 0 Å². The Bertz CT molecular complexity index is 329. The highest BCUT2D eigenvalue weighted by Crippen LogP contribution is 2.38. The number of alkyl halides is 3. The third-order valence-corrected chi connectivity index (χ3v) is 1.50. The van der Waals surface area contributed by atoms with Gasteiger partial charge in [0.1, 0.15) is 0 Å². The van der Waals surface area contributed by atoms with Crippen molar-refractivity contribution in [3.8, 4) is 0 Å². The van der Waals surface area contributed by atoms with Crippen LogP contribution < -0.4 is 5.32 Å². The third kappa shape index (κ3) is 1.14. The number of hydrogen-bond acceptors (Lipinski definition) is 4. The molecule has 0 radical (unpaired) electrons. The number of carbonyl (C=O) groups is 3. The molecule has 0 bridgehead atoms. The molecule has 1 aliphatic rings. The third-order valence-electron chi connectivity index (χ3n) is 1.50. The molecule has 0 aromatic heterocycles. The molecule has 1 amide bonds. The highest BCUT2D eigenvalue weighted by Gasteiger charge is 2.74. The van der Waals surface area contributed by atoms with E-state index < -0.39 is 29.6 Å². The molecule has 0 aliphatic carbocycles. The average Bonchev–Trinajstić information content (AvgIpc) is 2.12. The van der Waals surface area contributed by atoms with Gasteiger partial charge in [-0.2, -0.15) is 13.2 Å². The molecule has 1 fully saturated rings. The highest BCUT2D eigenvalue weighted by atomic mass is 19.3. The van der Waals surface area contributed by atoms with Crippen molar-refractivity contribution in [1.29, 1.82) is 0 Å². The highest BCUT2D eigenvalue weighted by molar-refractivity contribution is 6.05. The van der Waals surface area contributed by atoms with E-state index in [2.05, 4.69) is 4.74 Å². The van der Waals surface area contributed by atoms with Crippen molar-refractivity contribution in [3.05, 3.63) is 0 Å². The Morgan fingerprint density at radius 1 is 1.29 bits per heavy atom. The van der Waals surface area contributed by atoms with Gasteiger partial charge in [-0.15, -0.1) is 0 Å². The summed E-state index contributed by atoms with van der Waals surface area (Å²) in [6, 6.07) is 0. The summed E-state index contributed by atoms with van der Waals surface area (Å²) < 4.78 is 42.0. The zero-order valence-electron chi connectivity index (χ0n) is 6.77. The second kappa shape index (κ2) is 2.69. The Morgan fingerprint density at radius 2 is 1.79 bits per heavy atom. The Kier molecular flexibility index (Phi) is 2.02. The van der Waals surface area contributed by atoms with Gasteiger partial charge in [0.2, 0.25) is 5.91 Å². The summed E-state index contributed by atoms with van der Waals surface area (Å²) in [7, 11) is 0. The van der Waals surface area contributed by atoms with Crippen molar-refractivity contribution >= 4 is 17.8 Å². The molecular weight excluding hydrogens is 207 g/mol. The van der Waals surface area contributed by atoms with Gasteiger partial charge < -0.3 is 10.1 Å². The normalized spacial score (nSPS) is 30.0. The molecule has 14 heavy (non-hydrogen) atoms. The van der Waals surface area contributed by atoms with E-state index in [0.717, 1.165) is 5.32 Å². The molecule has 1 aliphatic heterocycles. The Balaban J connectivity index is 3.12. The van der Waals surface area contributed by atoms with Crippen LogP contribution in [0.2, 0.25) is 0 Å². The number of cyclic esters (lactones) is 2. The molecule has 8 heteroatoms. The van der Waals surface area contributed by atoms with Crippen LogP contribution >= 0.6 is 0 Å². The first-order chi connectivity index (χ1) is 6.22. The molecule has 1 heterocycles. The van der Waals surface area contributed by atoms with Gasteiger partial charge in [0.15, 0.2) is 0 Å². The van der Waals surface area contributed by atoms with Crippen LogP contribution in [0.5, 0.6) is 0 Å². The van der Waals surface area contributed by atoms with Gasteiger partial charge in [0, 0.05) is 6.92 Å². The maximum atomic E-state index is 13.2. The van der Waals surface area contributed by atoms with Gasteiger partial charge in [-0.05, 0) is 0 Å². The monoisotopic (exact) mass is 211 g/mol. The maximum absolute atomic E-state index is 13.2. The molecule has 1 atom stereocenters. The van der Waals surface area contributed by atoms with E-state index in [1.807, 2.05) is 0 Å². The van der Waals surface area contributed by atoms with Crippen molar-refractivity contribution in [1.82, 2.24) is 5.32 Å². The van der Waals surface area contributed by atoms with Crippen molar-refractivity contribution in [2.24, 2.45) is 0 Å². The second-order valence-electron chi connectivity index (χ2n) is 2.59. The quantitative estimate of drug-likeness (QED) is 0.360. The molecule has 1 saturated heterocycles. The lowest BCUT2D eigenvalue weighted by atomic mass is 10.1. The number of ether oxygens (including phenoxy) is 1. The summed E-state index contributed by atoms with van der Waals surface area (Å²) in [5.74, 6) is -14.5. The number of carbonyl (C=O) groups excluding carboxylic acids is 3. The summed E-state index contributed by atoms with van der Waals surface area (Å²) in [5, 5.41) is 1.04. The molecule has 1 N–H and O–H groups in total. The first kappa shape index (κ1) is 10.5. The second-order valence-corrected chi connectivity index (χ2v) is 2.59. The fourth-order valence-electron chi connectivity index (χ4n) is 0.860. The lowest BCUT2D eigenvalue weighted by Crippen LogP contribution is -2.59. The van der Waals surface area contributed by atoms with Crippen LogP contribution in [-0.4, -0.2) is 29.6 Å². The van der Waals surface area contributed by atoms with E-state index >= 15 is 0 Å². The minimum Gasteiger partial charge on any atom is -0.384 e. The van der Waals surface area contributed by atoms with Crippen molar-refractivity contribution in [2.45, 2.75) is 18.6 Å². The number of rotatable bonds is 1. The number of hydrogen-bond donors (Lipinski definition) is 1. The standard InChI is InChI=1S/C6H4F3NO4/c1-2(11)10-6(9)4(13)14-3(12)5(6,7)8/h1H3,(H,10,11)/t6-/m1/s1. The molecule has 5 nitrogen and oxygen atoms in total. The summed E-state index contributed by atoms with van der Waals surface area (Å²) in [4.78, 5) is 31.2. The topological polar surface area (TPSA) is 72.5 Å². The average molecular weight is 211 g/mol. The van der Waals surface area contributed by atoms with Crippen molar-refractivity contribution < 1.29 is 32.3 Å². The Labute approximate surface area is 75.2 Å². The number of esters is 2. The summed E-state index contributed by atoms with van der Waals surface area (Å²) in [6.45, 7) is 0.716. The van der Waals surface area contributed by atoms with E-state index in [4.69, 9.17) is 0 Å². The van der Waals surface area contributed by atoms with Crippen LogP contribution in [0.1, 0.15) is 6.92 Å². The minimum absolute atomic E-state index is 0.716. The zero-order chi connectivity index (χ0) is 11.1. The predicted molar refractivity (Wildman–Crippen MR) is 33.7 cm³/mol. The number of nitrogens with one attached hydrogen (secondary N) is 1. The Morgan fingerprint density at radius 3 is 2.07 bits per heavy atom. The summed E-state index contributed by atoms with van der Waals surface area (Å²) in [6.07, 6.45) is 0. The van der Waals surface area contributed by atoms with Crippen LogP contribution in [0.4, 0.5) is 13.2 Å². The van der Waals surface area contributed by atoms with Gasteiger partial charge in [-0.25, -0.2) is 9.59 Å². The van der Waals surface area contributed by atoms with Crippen molar-refractivity contribution in [3.63, 3.8) is 0 Å². The SMILES string of the molecule is CC(=O)N[C@]1(F)C(=O)OC(=O)C1(F)F. The predicted octanol–water partition coefficient (Wildman–Crippen LogP) is -0.493. The van der Waals surface area contributed by atoms with Crippen LogP contribution in [0, 0.1) is 0 Å². The molecule has 78 valence electrons. The summed E-state index contributed by atoms with van der Waals surface area (Å²) >= 11 is 0. The van der Waals surface area contributed by atoms with E-state index in [1.54, 1.807) is 0 Å². The fourth-order valence-corrected chi connectivity index (χ4v) is 0.860. The van der Waals surface area contributed by atoms with Crippen LogP contribution in [0.15, 0.2) is 0 Å². The van der Waals surface area contributed by atoms with Crippen LogP contribution in [0.25, 0.3) is 0 Å². The van der Waals surface area contributed by atoms with Gasteiger partial charge in [0.05, 0.1) is 0 Å². The maximum Gasteiger partial charge on any atom is 0.405 e. The molecule has 0 unspecified atom stereocenters. The van der Waals surface area contributed by atoms with Crippen molar-refractivity contribution in [2.75, 3.05) is 0 Å². The number of amides is 1. The summed E-state index contributed by atoms with van der Waals surface area (Å²) in [5.41, 5.74) is 0. The van der Waals surface area contributed by atoms with E-state index in [9.17, 15) is 27.6 Å². The molecule has 1 rings (SSSR count). The van der Waals surface area contributed by atoms with E-state index in [1.165, 1.54) is 0 Å². The molecule has 0 aromatic carbocycles. The van der Waals surface area contributed by atoms with Gasteiger partial charge >= 0.3 is 23.7 Å². The van der Waals surface area contributed by atoms with Gasteiger partial charge in [0.25, 0.3) is 0 Å². The first-order valence-corrected chi connectivity index (χ1v) is 3.34. The first-order valence-electron chi connectivity index (χ1n) is 3.34.